The first-order valence-corrected chi connectivity index (χ1v) is 5.68. The Morgan fingerprint density at radius 1 is 1.75 bits per heavy atom. The van der Waals surface area contributed by atoms with Crippen LogP contribution < -0.4 is 5.32 Å². The van der Waals surface area contributed by atoms with Crippen LogP contribution in [0.3, 0.4) is 0 Å². The lowest BCUT2D eigenvalue weighted by molar-refractivity contribution is -0.143. The van der Waals surface area contributed by atoms with Gasteiger partial charge in [-0.2, -0.15) is 5.10 Å². The van der Waals surface area contributed by atoms with Gasteiger partial charge in [-0.05, 0) is 25.5 Å². The molecule has 1 fully saturated rings. The number of carbonyl (C=O) groups is 1. The highest BCUT2D eigenvalue weighted by Gasteiger charge is 2.32. The van der Waals surface area contributed by atoms with Crippen molar-refractivity contribution in [2.75, 3.05) is 13.1 Å². The Hall–Kier alpha value is -1.36. The molecule has 2 N–H and O–H groups in total. The first-order chi connectivity index (χ1) is 7.72. The second-order valence-corrected chi connectivity index (χ2v) is 4.17. The average Bonchev–Trinajstić information content (AvgIpc) is 2.77. The van der Waals surface area contributed by atoms with Gasteiger partial charge in [0.15, 0.2) is 0 Å². The highest BCUT2D eigenvalue weighted by Crippen LogP contribution is 2.29. The van der Waals surface area contributed by atoms with Crippen LogP contribution in [0.2, 0.25) is 0 Å². The Morgan fingerprint density at radius 2 is 2.56 bits per heavy atom. The fourth-order valence-electron chi connectivity index (χ4n) is 2.25. The van der Waals surface area contributed by atoms with Crippen molar-refractivity contribution in [2.45, 2.75) is 25.8 Å². The van der Waals surface area contributed by atoms with Crippen molar-refractivity contribution in [1.82, 2.24) is 15.1 Å². The molecule has 0 aliphatic carbocycles. The quantitative estimate of drug-likeness (QED) is 0.790. The molecule has 5 heteroatoms. The summed E-state index contributed by atoms with van der Waals surface area (Å²) < 4.78 is 1.84. The van der Waals surface area contributed by atoms with E-state index in [4.69, 9.17) is 0 Å². The fraction of sp³-hybridized carbons (Fsp3) is 0.636. The third-order valence-electron chi connectivity index (χ3n) is 3.20. The number of aromatic nitrogens is 2. The molecule has 5 nitrogen and oxygen atoms in total. The van der Waals surface area contributed by atoms with Crippen LogP contribution >= 0.6 is 0 Å². The molecule has 2 rings (SSSR count). The summed E-state index contributed by atoms with van der Waals surface area (Å²) in [5.41, 5.74) is 1.03. The topological polar surface area (TPSA) is 67.2 Å². The molecule has 1 aromatic rings. The van der Waals surface area contributed by atoms with Crippen molar-refractivity contribution in [2.24, 2.45) is 5.92 Å². The number of aliphatic carboxylic acids is 1. The van der Waals surface area contributed by atoms with Gasteiger partial charge in [0.2, 0.25) is 0 Å². The first kappa shape index (κ1) is 11.1. The largest absolute Gasteiger partial charge is 0.481 e. The number of rotatable bonds is 3. The van der Waals surface area contributed by atoms with Crippen molar-refractivity contribution in [3.8, 4) is 0 Å². The number of piperidine rings is 1. The second kappa shape index (κ2) is 4.65. The molecule has 16 heavy (non-hydrogen) atoms. The van der Waals surface area contributed by atoms with Crippen LogP contribution in [0, 0.1) is 5.92 Å². The Morgan fingerprint density at radius 3 is 3.19 bits per heavy atom. The number of aryl methyl sites for hydroxylation is 1. The lowest BCUT2D eigenvalue weighted by Gasteiger charge is -2.28. The number of carboxylic acids is 1. The minimum absolute atomic E-state index is 0.0477. The van der Waals surface area contributed by atoms with Gasteiger partial charge in [0, 0.05) is 25.2 Å². The smallest absolute Gasteiger partial charge is 0.307 e. The third kappa shape index (κ3) is 2.09. The molecule has 0 saturated carbocycles. The first-order valence-electron chi connectivity index (χ1n) is 5.68. The van der Waals surface area contributed by atoms with Crippen LogP contribution in [0.25, 0.3) is 0 Å². The summed E-state index contributed by atoms with van der Waals surface area (Å²) >= 11 is 0. The molecule has 2 atom stereocenters. The van der Waals surface area contributed by atoms with E-state index in [0.717, 1.165) is 25.2 Å². The van der Waals surface area contributed by atoms with Gasteiger partial charge in [-0.25, -0.2) is 0 Å². The van der Waals surface area contributed by atoms with E-state index in [0.29, 0.717) is 6.42 Å². The molecular weight excluding hydrogens is 206 g/mol. The summed E-state index contributed by atoms with van der Waals surface area (Å²) in [4.78, 5) is 11.2. The molecule has 2 unspecified atom stereocenters. The predicted molar refractivity (Wildman–Crippen MR) is 59.3 cm³/mol. The molecule has 1 aromatic heterocycles. The molecule has 1 aliphatic rings. The molecule has 88 valence electrons. The fourth-order valence-corrected chi connectivity index (χ4v) is 2.25. The van der Waals surface area contributed by atoms with Gasteiger partial charge in [-0.15, -0.1) is 0 Å². The van der Waals surface area contributed by atoms with Crippen LogP contribution in [0.1, 0.15) is 24.8 Å². The average molecular weight is 223 g/mol. The number of nitrogens with zero attached hydrogens (tertiary/aromatic N) is 2. The summed E-state index contributed by atoms with van der Waals surface area (Å²) in [7, 11) is 0. The molecule has 0 radical (unpaired) electrons. The highest BCUT2D eigenvalue weighted by molar-refractivity contribution is 5.71. The van der Waals surface area contributed by atoms with Crippen molar-refractivity contribution in [3.05, 3.63) is 18.0 Å². The van der Waals surface area contributed by atoms with E-state index in [1.165, 1.54) is 0 Å². The van der Waals surface area contributed by atoms with Crippen molar-refractivity contribution in [3.63, 3.8) is 0 Å². The molecular formula is C11H17N3O2. The minimum Gasteiger partial charge on any atom is -0.481 e. The lowest BCUT2D eigenvalue weighted by atomic mass is 9.83. The minimum atomic E-state index is -0.698. The third-order valence-corrected chi connectivity index (χ3v) is 3.20. The zero-order valence-corrected chi connectivity index (χ0v) is 9.39. The van der Waals surface area contributed by atoms with Gasteiger partial charge < -0.3 is 10.4 Å². The van der Waals surface area contributed by atoms with E-state index >= 15 is 0 Å². The van der Waals surface area contributed by atoms with Crippen molar-refractivity contribution >= 4 is 5.97 Å². The number of carboxylic acid groups (broad SMARTS) is 1. The van der Waals surface area contributed by atoms with Crippen LogP contribution in [-0.4, -0.2) is 33.9 Å². The SMILES string of the molecule is CCn1cc(C2CNCCC2C(=O)O)cn1. The summed E-state index contributed by atoms with van der Waals surface area (Å²) in [6.45, 7) is 4.35. The molecule has 1 saturated heterocycles. The normalized spacial score (nSPS) is 25.6. The number of hydrogen-bond acceptors (Lipinski definition) is 3. The maximum atomic E-state index is 11.2. The number of nitrogens with one attached hydrogen (secondary N) is 1. The van der Waals surface area contributed by atoms with Gasteiger partial charge in [0.25, 0.3) is 0 Å². The zero-order valence-electron chi connectivity index (χ0n) is 9.39. The van der Waals surface area contributed by atoms with Crippen molar-refractivity contribution < 1.29 is 9.90 Å². The molecule has 0 bridgehead atoms. The second-order valence-electron chi connectivity index (χ2n) is 4.17. The van der Waals surface area contributed by atoms with Gasteiger partial charge in [0.05, 0.1) is 12.1 Å². The lowest BCUT2D eigenvalue weighted by Crippen LogP contribution is -2.38. The summed E-state index contributed by atoms with van der Waals surface area (Å²) in [5, 5.41) is 16.6. The van der Waals surface area contributed by atoms with Gasteiger partial charge in [0.1, 0.15) is 0 Å². The van der Waals surface area contributed by atoms with Crippen molar-refractivity contribution in [1.29, 1.82) is 0 Å². The number of hydrogen-bond donors (Lipinski definition) is 2. The summed E-state index contributed by atoms with van der Waals surface area (Å²) in [6, 6.07) is 0. The van der Waals surface area contributed by atoms with E-state index in [1.807, 2.05) is 17.8 Å². The highest BCUT2D eigenvalue weighted by atomic mass is 16.4. The van der Waals surface area contributed by atoms with Gasteiger partial charge in [-0.1, -0.05) is 0 Å². The Kier molecular flexibility index (Phi) is 3.24. The molecule has 2 heterocycles. The van der Waals surface area contributed by atoms with Gasteiger partial charge in [-0.3, -0.25) is 9.48 Å². The molecule has 0 aromatic carbocycles. The van der Waals surface area contributed by atoms with Gasteiger partial charge >= 0.3 is 5.97 Å². The van der Waals surface area contributed by atoms with Crippen LogP contribution in [-0.2, 0) is 11.3 Å². The predicted octanol–water partition coefficient (Wildman–Crippen LogP) is 0.681. The Balaban J connectivity index is 2.19. The summed E-state index contributed by atoms with van der Waals surface area (Å²) in [5.74, 6) is -0.932. The summed E-state index contributed by atoms with van der Waals surface area (Å²) in [6.07, 6.45) is 4.43. The van der Waals surface area contributed by atoms with E-state index in [2.05, 4.69) is 10.4 Å². The van der Waals surface area contributed by atoms with E-state index < -0.39 is 5.97 Å². The van der Waals surface area contributed by atoms with Crippen LogP contribution in [0.4, 0.5) is 0 Å². The van der Waals surface area contributed by atoms with E-state index in [-0.39, 0.29) is 11.8 Å². The maximum Gasteiger partial charge on any atom is 0.307 e. The Bertz CT molecular complexity index is 375. The molecule has 0 amide bonds. The van der Waals surface area contributed by atoms with Crippen LogP contribution in [0.5, 0.6) is 0 Å². The van der Waals surface area contributed by atoms with Crippen LogP contribution in [0.15, 0.2) is 12.4 Å². The zero-order chi connectivity index (χ0) is 11.5. The molecule has 0 spiro atoms. The molecule has 1 aliphatic heterocycles. The maximum absolute atomic E-state index is 11.2. The van der Waals surface area contributed by atoms with E-state index in [1.54, 1.807) is 6.20 Å². The Labute approximate surface area is 94.5 Å². The van der Waals surface area contributed by atoms with E-state index in [9.17, 15) is 9.90 Å². The standard InChI is InChI=1S/C11H17N3O2/c1-2-14-7-8(5-13-14)10-6-12-4-3-9(10)11(15)16/h5,7,9-10,12H,2-4,6H2,1H3,(H,15,16). The monoisotopic (exact) mass is 223 g/mol.